The molecule has 0 saturated carbocycles. The van der Waals surface area contributed by atoms with Gasteiger partial charge in [-0.25, -0.2) is 0 Å². The van der Waals surface area contributed by atoms with Gasteiger partial charge in [-0.15, -0.1) is 0 Å². The zero-order valence-corrected chi connectivity index (χ0v) is 15.4. The average molecular weight is 362 g/mol. The number of carbonyl (C=O) groups is 2. The molecule has 0 fully saturated rings. The summed E-state index contributed by atoms with van der Waals surface area (Å²) in [5, 5.41) is 7.74. The Morgan fingerprint density at radius 3 is 2.15 bits per heavy atom. The molecule has 2 amide bonds. The van der Waals surface area contributed by atoms with Crippen LogP contribution < -0.4 is 15.4 Å². The monoisotopic (exact) mass is 362 g/mol. The molecule has 3 aromatic rings. The van der Waals surface area contributed by atoms with E-state index in [9.17, 15) is 9.59 Å². The molecule has 0 heterocycles. The van der Waals surface area contributed by atoms with E-state index in [-0.39, 0.29) is 11.8 Å². The first-order chi connectivity index (χ1) is 13.0. The van der Waals surface area contributed by atoms with Crippen molar-refractivity contribution in [3.05, 3.63) is 66.7 Å². The standard InChI is InChI=1S/C22H22N2O3/c1-3-21(27-20-13-8-16-6-4-5-7-17(16)14-20)22(26)24-19-11-9-18(10-12-19)23-15(2)25/h4-14,21H,3H2,1-2H3,(H,23,25)(H,24,26). The molecular formula is C22H22N2O3. The number of rotatable bonds is 6. The molecule has 0 aliphatic rings. The third-order valence-electron chi connectivity index (χ3n) is 4.14. The lowest BCUT2D eigenvalue weighted by atomic mass is 10.1. The molecule has 1 atom stereocenters. The van der Waals surface area contributed by atoms with Gasteiger partial charge in [0.05, 0.1) is 0 Å². The second-order valence-electron chi connectivity index (χ2n) is 6.27. The lowest BCUT2D eigenvalue weighted by Gasteiger charge is -2.18. The molecular weight excluding hydrogens is 340 g/mol. The van der Waals surface area contributed by atoms with Crippen molar-refractivity contribution < 1.29 is 14.3 Å². The fourth-order valence-corrected chi connectivity index (χ4v) is 2.79. The van der Waals surface area contributed by atoms with Gasteiger partial charge in [0.1, 0.15) is 5.75 Å². The number of nitrogens with one attached hydrogen (secondary N) is 2. The van der Waals surface area contributed by atoms with Crippen molar-refractivity contribution in [1.82, 2.24) is 0 Å². The van der Waals surface area contributed by atoms with Crippen molar-refractivity contribution in [3.63, 3.8) is 0 Å². The number of anilines is 2. The summed E-state index contributed by atoms with van der Waals surface area (Å²) in [4.78, 5) is 23.6. The van der Waals surface area contributed by atoms with E-state index < -0.39 is 6.10 Å². The second kappa shape index (κ2) is 8.36. The zero-order valence-electron chi connectivity index (χ0n) is 15.4. The number of amides is 2. The van der Waals surface area contributed by atoms with Crippen LogP contribution in [0.2, 0.25) is 0 Å². The molecule has 0 aliphatic heterocycles. The highest BCUT2D eigenvalue weighted by Gasteiger charge is 2.18. The van der Waals surface area contributed by atoms with E-state index in [1.54, 1.807) is 24.3 Å². The molecule has 0 aliphatic carbocycles. The molecule has 1 unspecified atom stereocenters. The van der Waals surface area contributed by atoms with Gasteiger partial charge >= 0.3 is 0 Å². The summed E-state index contributed by atoms with van der Waals surface area (Å²) >= 11 is 0. The Hall–Kier alpha value is -3.34. The molecule has 0 aromatic heterocycles. The Bertz CT molecular complexity index is 951. The smallest absolute Gasteiger partial charge is 0.265 e. The molecule has 27 heavy (non-hydrogen) atoms. The Labute approximate surface area is 158 Å². The quantitative estimate of drug-likeness (QED) is 0.674. The van der Waals surface area contributed by atoms with E-state index in [4.69, 9.17) is 4.74 Å². The fraction of sp³-hybridized carbons (Fsp3) is 0.182. The van der Waals surface area contributed by atoms with Crippen molar-refractivity contribution in [2.45, 2.75) is 26.4 Å². The minimum absolute atomic E-state index is 0.137. The zero-order chi connectivity index (χ0) is 19.2. The Balaban J connectivity index is 1.67. The van der Waals surface area contributed by atoms with Crippen LogP contribution in [0.25, 0.3) is 10.8 Å². The van der Waals surface area contributed by atoms with Gasteiger partial charge in [-0.3, -0.25) is 9.59 Å². The summed E-state index contributed by atoms with van der Waals surface area (Å²) in [6.07, 6.45) is -0.0518. The number of hydrogen-bond donors (Lipinski definition) is 2. The van der Waals surface area contributed by atoms with Crippen molar-refractivity contribution >= 4 is 34.0 Å². The van der Waals surface area contributed by atoms with Crippen LogP contribution in [0.15, 0.2) is 66.7 Å². The third kappa shape index (κ3) is 4.85. The summed E-state index contributed by atoms with van der Waals surface area (Å²) in [5.41, 5.74) is 1.33. The van der Waals surface area contributed by atoms with Gasteiger partial charge in [0.15, 0.2) is 6.10 Å². The Kier molecular flexibility index (Phi) is 5.71. The number of fused-ring (bicyclic) bond motifs is 1. The molecule has 3 aromatic carbocycles. The highest BCUT2D eigenvalue weighted by Crippen LogP contribution is 2.22. The number of hydrogen-bond acceptors (Lipinski definition) is 3. The molecule has 5 heteroatoms. The van der Waals surface area contributed by atoms with Crippen LogP contribution in [0.3, 0.4) is 0 Å². The van der Waals surface area contributed by atoms with Gasteiger partial charge in [0.25, 0.3) is 5.91 Å². The molecule has 0 spiro atoms. The number of benzene rings is 3. The predicted octanol–water partition coefficient (Wildman–Crippen LogP) is 4.59. The molecule has 0 saturated heterocycles. The summed E-state index contributed by atoms with van der Waals surface area (Å²) in [6.45, 7) is 3.36. The van der Waals surface area contributed by atoms with Crippen molar-refractivity contribution in [2.75, 3.05) is 10.6 Å². The molecule has 0 radical (unpaired) electrons. The lowest BCUT2D eigenvalue weighted by Crippen LogP contribution is -2.32. The van der Waals surface area contributed by atoms with Gasteiger partial charge in [-0.05, 0) is 53.6 Å². The third-order valence-corrected chi connectivity index (χ3v) is 4.14. The first kappa shape index (κ1) is 18.5. The first-order valence-corrected chi connectivity index (χ1v) is 8.89. The summed E-state index contributed by atoms with van der Waals surface area (Å²) < 4.78 is 5.91. The molecule has 2 N–H and O–H groups in total. The van der Waals surface area contributed by atoms with Gasteiger partial charge in [0, 0.05) is 18.3 Å². The minimum atomic E-state index is -0.596. The fourth-order valence-electron chi connectivity index (χ4n) is 2.79. The van der Waals surface area contributed by atoms with E-state index >= 15 is 0 Å². The maximum atomic E-state index is 12.6. The normalized spacial score (nSPS) is 11.6. The van der Waals surface area contributed by atoms with Crippen molar-refractivity contribution in [1.29, 1.82) is 0 Å². The van der Waals surface area contributed by atoms with Crippen LogP contribution in [0.1, 0.15) is 20.3 Å². The second-order valence-corrected chi connectivity index (χ2v) is 6.27. The maximum Gasteiger partial charge on any atom is 0.265 e. The molecule has 5 nitrogen and oxygen atoms in total. The summed E-state index contributed by atoms with van der Waals surface area (Å²) in [6, 6.07) is 20.8. The van der Waals surface area contributed by atoms with Gasteiger partial charge in [-0.2, -0.15) is 0 Å². The van der Waals surface area contributed by atoms with Crippen molar-refractivity contribution in [3.8, 4) is 5.75 Å². The van der Waals surface area contributed by atoms with Crippen LogP contribution in [0, 0.1) is 0 Å². The molecule has 138 valence electrons. The lowest BCUT2D eigenvalue weighted by molar-refractivity contribution is -0.122. The maximum absolute atomic E-state index is 12.6. The van der Waals surface area contributed by atoms with Gasteiger partial charge in [-0.1, -0.05) is 37.3 Å². The predicted molar refractivity (Wildman–Crippen MR) is 108 cm³/mol. The van der Waals surface area contributed by atoms with Crippen LogP contribution in [-0.2, 0) is 9.59 Å². The number of ether oxygens (including phenoxy) is 1. The van der Waals surface area contributed by atoms with Gasteiger partial charge < -0.3 is 15.4 Å². The minimum Gasteiger partial charge on any atom is -0.481 e. The van der Waals surface area contributed by atoms with Gasteiger partial charge in [0.2, 0.25) is 5.91 Å². The Morgan fingerprint density at radius 2 is 1.52 bits per heavy atom. The SMILES string of the molecule is CCC(Oc1ccc2ccccc2c1)C(=O)Nc1ccc(NC(C)=O)cc1. The van der Waals surface area contributed by atoms with E-state index in [1.165, 1.54) is 6.92 Å². The van der Waals surface area contributed by atoms with E-state index in [1.807, 2.05) is 49.4 Å². The Morgan fingerprint density at radius 1 is 0.889 bits per heavy atom. The average Bonchev–Trinajstić information content (AvgIpc) is 2.67. The summed E-state index contributed by atoms with van der Waals surface area (Å²) in [7, 11) is 0. The van der Waals surface area contributed by atoms with Crippen molar-refractivity contribution in [2.24, 2.45) is 0 Å². The van der Waals surface area contributed by atoms with E-state index in [0.29, 0.717) is 23.5 Å². The first-order valence-electron chi connectivity index (χ1n) is 8.89. The van der Waals surface area contributed by atoms with E-state index in [0.717, 1.165) is 10.8 Å². The van der Waals surface area contributed by atoms with Crippen LogP contribution >= 0.6 is 0 Å². The number of carbonyl (C=O) groups excluding carboxylic acids is 2. The van der Waals surface area contributed by atoms with Crippen LogP contribution in [0.4, 0.5) is 11.4 Å². The van der Waals surface area contributed by atoms with Crippen LogP contribution in [-0.4, -0.2) is 17.9 Å². The highest BCUT2D eigenvalue weighted by atomic mass is 16.5. The van der Waals surface area contributed by atoms with E-state index in [2.05, 4.69) is 10.6 Å². The largest absolute Gasteiger partial charge is 0.481 e. The summed E-state index contributed by atoms with van der Waals surface area (Å²) in [5.74, 6) is 0.316. The highest BCUT2D eigenvalue weighted by molar-refractivity contribution is 5.95. The topological polar surface area (TPSA) is 67.4 Å². The molecule has 0 bridgehead atoms. The molecule has 3 rings (SSSR count). The van der Waals surface area contributed by atoms with Crippen LogP contribution in [0.5, 0.6) is 5.75 Å².